The second kappa shape index (κ2) is 7.28. The predicted molar refractivity (Wildman–Crippen MR) is 78.7 cm³/mol. The van der Waals surface area contributed by atoms with Gasteiger partial charge in [-0.1, -0.05) is 6.92 Å². The summed E-state index contributed by atoms with van der Waals surface area (Å²) >= 11 is 0. The Morgan fingerprint density at radius 2 is 1.92 bits per heavy atom. The average molecular weight is 340 g/mol. The zero-order valence-corrected chi connectivity index (χ0v) is 13.3. The highest BCUT2D eigenvalue weighted by atomic mass is 16.7. The minimum Gasteiger partial charge on any atom is -0.368 e. The maximum atomic E-state index is 12.5. The summed E-state index contributed by atoms with van der Waals surface area (Å²) in [4.78, 5) is 64.6. The fourth-order valence-electron chi connectivity index (χ4n) is 2.77. The van der Waals surface area contributed by atoms with E-state index in [1.54, 1.807) is 6.92 Å². The zero-order valence-electron chi connectivity index (χ0n) is 13.3. The lowest BCUT2D eigenvalue weighted by Crippen LogP contribution is -2.53. The van der Waals surface area contributed by atoms with Crippen molar-refractivity contribution < 1.29 is 28.8 Å². The molecule has 0 saturated carbocycles. The van der Waals surface area contributed by atoms with Gasteiger partial charge in [0.15, 0.2) is 0 Å². The molecule has 2 aliphatic heterocycles. The summed E-state index contributed by atoms with van der Waals surface area (Å²) in [7, 11) is 0. The Hall–Kier alpha value is -2.65. The van der Waals surface area contributed by atoms with Crippen molar-refractivity contribution >= 4 is 29.7 Å². The number of hydrogen-bond acceptors (Lipinski definition) is 6. The molecule has 2 aliphatic rings. The molecular weight excluding hydrogens is 320 g/mol. The van der Waals surface area contributed by atoms with Gasteiger partial charge in [0.1, 0.15) is 12.1 Å². The molecule has 0 aromatic carbocycles. The second-order valence-corrected chi connectivity index (χ2v) is 5.66. The third kappa shape index (κ3) is 3.63. The van der Waals surface area contributed by atoms with Crippen molar-refractivity contribution in [3.8, 4) is 0 Å². The van der Waals surface area contributed by atoms with Crippen LogP contribution in [-0.2, 0) is 24.0 Å². The average Bonchev–Trinajstić information content (AvgIpc) is 3.14. The third-order valence-electron chi connectivity index (χ3n) is 4.04. The molecule has 24 heavy (non-hydrogen) atoms. The summed E-state index contributed by atoms with van der Waals surface area (Å²) in [5.74, 6) is -2.26. The number of likely N-dealkylation sites (tertiary alicyclic amines) is 1. The van der Waals surface area contributed by atoms with Crippen LogP contribution in [0.5, 0.6) is 0 Å². The molecule has 0 spiro atoms. The standard InChI is InChI=1S/C14H20N4O6/c1-2-8(13(22)17-7-3-4-9(17)12(15)21)16-14(23)24-18-10(19)5-6-11(18)20/h8-9H,2-7H2,1H3,(H2,15,21)(H,16,23)/t8-,9-/m0/s1. The Balaban J connectivity index is 1.97. The third-order valence-corrected chi connectivity index (χ3v) is 4.04. The number of carbonyl (C=O) groups excluding carboxylic acids is 5. The Morgan fingerprint density at radius 1 is 1.29 bits per heavy atom. The van der Waals surface area contributed by atoms with Crippen LogP contribution in [0.15, 0.2) is 0 Å². The highest BCUT2D eigenvalue weighted by Crippen LogP contribution is 2.19. The summed E-state index contributed by atoms with van der Waals surface area (Å²) in [6.45, 7) is 2.05. The van der Waals surface area contributed by atoms with E-state index in [0.717, 1.165) is 0 Å². The van der Waals surface area contributed by atoms with Crippen LogP contribution in [0.4, 0.5) is 4.79 Å². The summed E-state index contributed by atoms with van der Waals surface area (Å²) in [6, 6.07) is -1.63. The summed E-state index contributed by atoms with van der Waals surface area (Å²) in [5.41, 5.74) is 5.28. The number of nitrogens with one attached hydrogen (secondary N) is 1. The molecule has 0 aromatic rings. The number of amides is 5. The largest absolute Gasteiger partial charge is 0.432 e. The Morgan fingerprint density at radius 3 is 2.46 bits per heavy atom. The van der Waals surface area contributed by atoms with E-state index >= 15 is 0 Å². The van der Waals surface area contributed by atoms with Crippen LogP contribution in [0.3, 0.4) is 0 Å². The van der Waals surface area contributed by atoms with Crippen LogP contribution in [0.1, 0.15) is 39.0 Å². The van der Waals surface area contributed by atoms with Crippen molar-refractivity contribution in [3.63, 3.8) is 0 Å². The molecule has 10 nitrogen and oxygen atoms in total. The second-order valence-electron chi connectivity index (χ2n) is 5.66. The maximum absolute atomic E-state index is 12.5. The predicted octanol–water partition coefficient (Wildman–Crippen LogP) is -0.968. The van der Waals surface area contributed by atoms with E-state index < -0.39 is 41.8 Å². The van der Waals surface area contributed by atoms with Crippen molar-refractivity contribution in [2.45, 2.75) is 51.1 Å². The summed E-state index contributed by atoms with van der Waals surface area (Å²) < 4.78 is 0. The summed E-state index contributed by atoms with van der Waals surface area (Å²) in [6.07, 6.45) is 0.272. The molecule has 0 aromatic heterocycles. The van der Waals surface area contributed by atoms with Gasteiger partial charge < -0.3 is 20.8 Å². The number of nitrogens with two attached hydrogens (primary N) is 1. The number of nitrogens with zero attached hydrogens (tertiary/aromatic N) is 2. The number of rotatable bonds is 5. The van der Waals surface area contributed by atoms with Gasteiger partial charge in [-0.25, -0.2) is 4.79 Å². The highest BCUT2D eigenvalue weighted by Gasteiger charge is 2.37. The lowest BCUT2D eigenvalue weighted by Gasteiger charge is -2.27. The first kappa shape index (κ1) is 17.7. The van der Waals surface area contributed by atoms with Gasteiger partial charge in [0.05, 0.1) is 0 Å². The monoisotopic (exact) mass is 340 g/mol. The van der Waals surface area contributed by atoms with E-state index in [9.17, 15) is 24.0 Å². The first-order valence-electron chi connectivity index (χ1n) is 7.79. The van der Waals surface area contributed by atoms with E-state index in [2.05, 4.69) is 10.2 Å². The van der Waals surface area contributed by atoms with Crippen LogP contribution < -0.4 is 11.1 Å². The van der Waals surface area contributed by atoms with Gasteiger partial charge in [-0.3, -0.25) is 19.2 Å². The quantitative estimate of drug-likeness (QED) is 0.617. The molecule has 132 valence electrons. The number of hydrogen-bond donors (Lipinski definition) is 2. The topological polar surface area (TPSA) is 139 Å². The molecule has 10 heteroatoms. The van der Waals surface area contributed by atoms with Gasteiger partial charge in [-0.2, -0.15) is 0 Å². The molecule has 0 radical (unpaired) electrons. The zero-order chi connectivity index (χ0) is 17.9. The van der Waals surface area contributed by atoms with Crippen LogP contribution >= 0.6 is 0 Å². The van der Waals surface area contributed by atoms with Gasteiger partial charge in [-0.15, -0.1) is 5.06 Å². The molecule has 2 heterocycles. The molecule has 2 rings (SSSR count). The van der Waals surface area contributed by atoms with Crippen molar-refractivity contribution in [2.24, 2.45) is 5.73 Å². The lowest BCUT2D eigenvalue weighted by molar-refractivity contribution is -0.171. The number of carbonyl (C=O) groups is 5. The molecule has 0 aliphatic carbocycles. The Kier molecular flexibility index (Phi) is 5.37. The first-order chi connectivity index (χ1) is 11.3. The fraction of sp³-hybridized carbons (Fsp3) is 0.643. The van der Waals surface area contributed by atoms with Gasteiger partial charge in [0, 0.05) is 19.4 Å². The van der Waals surface area contributed by atoms with E-state index in [1.807, 2.05) is 0 Å². The minimum absolute atomic E-state index is 0.0175. The molecule has 3 N–H and O–H groups in total. The highest BCUT2D eigenvalue weighted by molar-refractivity contribution is 6.01. The molecular formula is C14H20N4O6. The number of imide groups is 1. The fourth-order valence-corrected chi connectivity index (χ4v) is 2.77. The van der Waals surface area contributed by atoms with Crippen LogP contribution in [0, 0.1) is 0 Å². The Labute approximate surface area is 138 Å². The van der Waals surface area contributed by atoms with Crippen molar-refractivity contribution in [2.75, 3.05) is 6.54 Å². The number of hydroxylamine groups is 2. The van der Waals surface area contributed by atoms with Crippen LogP contribution in [-0.4, -0.2) is 58.3 Å². The van der Waals surface area contributed by atoms with Crippen molar-refractivity contribution in [1.29, 1.82) is 0 Å². The van der Waals surface area contributed by atoms with Crippen LogP contribution in [0.25, 0.3) is 0 Å². The minimum atomic E-state index is -1.08. The van der Waals surface area contributed by atoms with Gasteiger partial charge >= 0.3 is 6.09 Å². The summed E-state index contributed by atoms with van der Waals surface area (Å²) in [5, 5.41) is 2.72. The van der Waals surface area contributed by atoms with Crippen molar-refractivity contribution in [1.82, 2.24) is 15.3 Å². The lowest BCUT2D eigenvalue weighted by atomic mass is 10.1. The number of primary amides is 1. The van der Waals surface area contributed by atoms with Gasteiger partial charge in [-0.05, 0) is 19.3 Å². The van der Waals surface area contributed by atoms with E-state index in [4.69, 9.17) is 5.73 Å². The molecule has 2 atom stereocenters. The molecule has 0 unspecified atom stereocenters. The van der Waals surface area contributed by atoms with Gasteiger partial charge in [0.2, 0.25) is 11.8 Å². The normalized spacial score (nSPS) is 21.8. The smallest absolute Gasteiger partial charge is 0.368 e. The van der Waals surface area contributed by atoms with Crippen molar-refractivity contribution in [3.05, 3.63) is 0 Å². The van der Waals surface area contributed by atoms with E-state index in [-0.39, 0.29) is 19.3 Å². The van der Waals surface area contributed by atoms with E-state index in [1.165, 1.54) is 4.90 Å². The molecule has 5 amide bonds. The van der Waals surface area contributed by atoms with Crippen LogP contribution in [0.2, 0.25) is 0 Å². The molecule has 2 fully saturated rings. The van der Waals surface area contributed by atoms with E-state index in [0.29, 0.717) is 24.4 Å². The maximum Gasteiger partial charge on any atom is 0.432 e. The molecule has 2 saturated heterocycles. The SMILES string of the molecule is CC[C@H](NC(=O)ON1C(=O)CCC1=O)C(=O)N1CCC[C@H]1C(N)=O. The Bertz CT molecular complexity index is 562. The van der Waals surface area contributed by atoms with Gasteiger partial charge in [0.25, 0.3) is 11.8 Å². The molecule has 0 bridgehead atoms. The first-order valence-corrected chi connectivity index (χ1v) is 7.79.